The second-order valence-corrected chi connectivity index (χ2v) is 13.6. The van der Waals surface area contributed by atoms with Gasteiger partial charge < -0.3 is 13.3 Å². The van der Waals surface area contributed by atoms with E-state index in [-0.39, 0.29) is 28.1 Å². The van der Waals surface area contributed by atoms with E-state index in [4.69, 9.17) is 18.5 Å². The molecule has 25 heavy (non-hydrogen) atoms. The topological polar surface area (TPSA) is 85.1 Å². The van der Waals surface area contributed by atoms with Crippen LogP contribution in [0.3, 0.4) is 0 Å². The molecule has 0 bridgehead atoms. The molecule has 0 fully saturated rings. The van der Waals surface area contributed by atoms with E-state index in [1.807, 2.05) is 6.07 Å². The van der Waals surface area contributed by atoms with Crippen LogP contribution in [-0.2, 0) is 4.43 Å². The highest BCUT2D eigenvalue weighted by Gasteiger charge is 2.43. The van der Waals surface area contributed by atoms with E-state index in [1.165, 1.54) is 12.5 Å². The second kappa shape index (κ2) is 6.43. The molecule has 1 atom stereocenters. The Bertz CT molecular complexity index is 773. The van der Waals surface area contributed by atoms with Gasteiger partial charge in [-0.1, -0.05) is 41.5 Å². The van der Waals surface area contributed by atoms with Crippen LogP contribution >= 0.6 is 0 Å². The first kappa shape index (κ1) is 19.4. The fourth-order valence-electron chi connectivity index (χ4n) is 2.02. The Labute approximate surface area is 150 Å². The average Bonchev–Trinajstić information content (AvgIpc) is 3.11. The van der Waals surface area contributed by atoms with Crippen molar-refractivity contribution in [2.45, 2.75) is 65.8 Å². The van der Waals surface area contributed by atoms with Gasteiger partial charge in [-0.25, -0.2) is 4.98 Å². The Kier molecular flexibility index (Phi) is 4.99. The number of rotatable bonds is 4. The average molecular weight is 362 g/mol. The van der Waals surface area contributed by atoms with Gasteiger partial charge in [0.15, 0.2) is 19.7 Å². The Hall–Kier alpha value is -1.91. The number of hydrogen-bond donors (Lipinski definition) is 0. The van der Waals surface area contributed by atoms with Gasteiger partial charge in [0, 0.05) is 0 Å². The molecule has 2 rings (SSSR count). The maximum Gasteiger partial charge on any atom is 0.249 e. The molecule has 7 heteroatoms. The Balaban J connectivity index is 2.36. The van der Waals surface area contributed by atoms with Crippen molar-refractivity contribution in [1.82, 2.24) is 9.97 Å². The lowest BCUT2D eigenvalue weighted by Gasteiger charge is -2.42. The van der Waals surface area contributed by atoms with E-state index in [0.29, 0.717) is 11.6 Å². The minimum absolute atomic E-state index is 0.0796. The van der Waals surface area contributed by atoms with Gasteiger partial charge in [-0.15, -0.1) is 0 Å². The number of hydrogen-bond acceptors (Lipinski definition) is 6. The lowest BCUT2D eigenvalue weighted by molar-refractivity contribution is 0.0490. The molecule has 0 saturated carbocycles. The highest BCUT2D eigenvalue weighted by atomic mass is 28.4. The Morgan fingerprint density at radius 1 is 1.08 bits per heavy atom. The van der Waals surface area contributed by atoms with Crippen molar-refractivity contribution in [3.63, 3.8) is 0 Å². The maximum atomic E-state index is 8.87. The number of nitriles is 1. The quantitative estimate of drug-likeness (QED) is 0.686. The van der Waals surface area contributed by atoms with Crippen LogP contribution in [0, 0.1) is 16.7 Å². The standard InChI is InChI=1S/C18H27N3O3Si/c1-17(2,3)14(24-25(7,8)18(4,5)6)16-21-13(11-23-16)15-20-12(9-19)10-22-15/h10-11,14H,1-8H3. The summed E-state index contributed by atoms with van der Waals surface area (Å²) in [7, 11) is -2.01. The molecule has 0 aliphatic heterocycles. The largest absolute Gasteiger partial charge is 0.445 e. The van der Waals surface area contributed by atoms with Crippen LogP contribution in [-0.4, -0.2) is 18.3 Å². The summed E-state index contributed by atoms with van der Waals surface area (Å²) in [6, 6.07) is 1.94. The molecule has 0 aliphatic rings. The van der Waals surface area contributed by atoms with Crippen molar-refractivity contribution in [2.75, 3.05) is 0 Å². The van der Waals surface area contributed by atoms with E-state index in [9.17, 15) is 0 Å². The van der Waals surface area contributed by atoms with Crippen molar-refractivity contribution < 1.29 is 13.3 Å². The lowest BCUT2D eigenvalue weighted by Crippen LogP contribution is -2.44. The van der Waals surface area contributed by atoms with Crippen LogP contribution in [0.1, 0.15) is 59.2 Å². The number of aromatic nitrogens is 2. The number of nitrogens with zero attached hydrogens (tertiary/aromatic N) is 3. The molecule has 0 aliphatic carbocycles. The number of oxazole rings is 2. The summed E-state index contributed by atoms with van der Waals surface area (Å²) in [6.45, 7) is 17.4. The fourth-order valence-corrected chi connectivity index (χ4v) is 3.42. The third-order valence-electron chi connectivity index (χ3n) is 4.59. The van der Waals surface area contributed by atoms with Crippen LogP contribution < -0.4 is 0 Å². The van der Waals surface area contributed by atoms with E-state index < -0.39 is 8.32 Å². The maximum absolute atomic E-state index is 8.87. The monoisotopic (exact) mass is 361 g/mol. The molecule has 136 valence electrons. The molecule has 0 amide bonds. The summed E-state index contributed by atoms with van der Waals surface area (Å²) in [4.78, 5) is 8.59. The van der Waals surface area contributed by atoms with Crippen LogP contribution in [0.2, 0.25) is 18.1 Å². The van der Waals surface area contributed by atoms with Crippen molar-refractivity contribution in [2.24, 2.45) is 5.41 Å². The summed E-state index contributed by atoms with van der Waals surface area (Å²) in [5.41, 5.74) is 0.487. The van der Waals surface area contributed by atoms with E-state index in [1.54, 1.807) is 0 Å². The summed E-state index contributed by atoms with van der Waals surface area (Å²) < 4.78 is 17.6. The van der Waals surface area contributed by atoms with Crippen LogP contribution in [0.15, 0.2) is 21.4 Å². The van der Waals surface area contributed by atoms with E-state index in [2.05, 4.69) is 64.6 Å². The first-order valence-corrected chi connectivity index (χ1v) is 11.3. The molecule has 2 heterocycles. The van der Waals surface area contributed by atoms with Gasteiger partial charge in [0.25, 0.3) is 0 Å². The van der Waals surface area contributed by atoms with Crippen LogP contribution in [0.4, 0.5) is 0 Å². The Morgan fingerprint density at radius 3 is 2.20 bits per heavy atom. The predicted octanol–water partition coefficient (Wildman–Crippen LogP) is 5.31. The van der Waals surface area contributed by atoms with Gasteiger partial charge >= 0.3 is 0 Å². The summed E-state index contributed by atoms with van der Waals surface area (Å²) in [5, 5.41) is 8.95. The van der Waals surface area contributed by atoms with Crippen molar-refractivity contribution in [3.8, 4) is 17.7 Å². The molecule has 0 aromatic carbocycles. The zero-order chi connectivity index (χ0) is 19.0. The SMILES string of the molecule is CC(C)(C)C(O[Si](C)(C)C(C)(C)C)c1nc(-c2nc(C#N)co2)co1. The van der Waals surface area contributed by atoms with Crippen LogP contribution in [0.5, 0.6) is 0 Å². The second-order valence-electron chi connectivity index (χ2n) is 8.84. The van der Waals surface area contributed by atoms with Gasteiger partial charge in [0.1, 0.15) is 24.7 Å². The fraction of sp³-hybridized carbons (Fsp3) is 0.611. The van der Waals surface area contributed by atoms with Gasteiger partial charge in [0.2, 0.25) is 11.8 Å². The first-order valence-electron chi connectivity index (χ1n) is 8.34. The lowest BCUT2D eigenvalue weighted by atomic mass is 9.89. The predicted molar refractivity (Wildman–Crippen MR) is 97.2 cm³/mol. The summed E-state index contributed by atoms with van der Waals surface area (Å²) in [5.74, 6) is 0.774. The van der Waals surface area contributed by atoms with Gasteiger partial charge in [-0.2, -0.15) is 10.2 Å². The Morgan fingerprint density at radius 2 is 1.72 bits per heavy atom. The molecular formula is C18H27N3O3Si. The minimum atomic E-state index is -2.01. The molecule has 2 aromatic heterocycles. The van der Waals surface area contributed by atoms with Gasteiger partial charge in [-0.05, 0) is 23.5 Å². The van der Waals surface area contributed by atoms with E-state index >= 15 is 0 Å². The third-order valence-corrected chi connectivity index (χ3v) is 9.03. The highest BCUT2D eigenvalue weighted by molar-refractivity contribution is 6.74. The molecule has 2 aromatic rings. The molecule has 0 saturated heterocycles. The molecule has 1 unspecified atom stereocenters. The summed E-state index contributed by atoms with van der Waals surface area (Å²) in [6.07, 6.45) is 2.51. The van der Waals surface area contributed by atoms with Gasteiger partial charge in [0.05, 0.1) is 0 Å². The minimum Gasteiger partial charge on any atom is -0.445 e. The smallest absolute Gasteiger partial charge is 0.249 e. The third kappa shape index (κ3) is 4.20. The first-order chi connectivity index (χ1) is 11.3. The normalized spacial score (nSPS) is 14.4. The van der Waals surface area contributed by atoms with Crippen LogP contribution in [0.25, 0.3) is 11.6 Å². The molecule has 0 N–H and O–H groups in total. The molecular weight excluding hydrogens is 334 g/mol. The molecule has 0 radical (unpaired) electrons. The van der Waals surface area contributed by atoms with Crippen molar-refractivity contribution in [3.05, 3.63) is 24.1 Å². The molecule has 0 spiro atoms. The summed E-state index contributed by atoms with van der Waals surface area (Å²) >= 11 is 0. The van der Waals surface area contributed by atoms with Crippen molar-refractivity contribution >= 4 is 8.32 Å². The molecule has 6 nitrogen and oxygen atoms in total. The zero-order valence-electron chi connectivity index (χ0n) is 16.3. The van der Waals surface area contributed by atoms with Gasteiger partial charge in [-0.3, -0.25) is 0 Å². The van der Waals surface area contributed by atoms with E-state index in [0.717, 1.165) is 0 Å². The zero-order valence-corrected chi connectivity index (χ0v) is 17.3. The van der Waals surface area contributed by atoms with Crippen molar-refractivity contribution in [1.29, 1.82) is 5.26 Å². The highest BCUT2D eigenvalue weighted by Crippen LogP contribution is 2.45.